The Labute approximate surface area is 168 Å². The van der Waals surface area contributed by atoms with E-state index in [1.54, 1.807) is 14.2 Å². The highest BCUT2D eigenvalue weighted by Gasteiger charge is 2.08. The predicted octanol–water partition coefficient (Wildman–Crippen LogP) is 3.15. The van der Waals surface area contributed by atoms with Crippen molar-refractivity contribution in [1.29, 1.82) is 0 Å². The third kappa shape index (κ3) is 6.16. The second-order valence-corrected chi connectivity index (χ2v) is 7.02. The summed E-state index contributed by atoms with van der Waals surface area (Å²) in [6.07, 6.45) is 0. The Morgan fingerprint density at radius 1 is 1.07 bits per heavy atom. The third-order valence-corrected chi connectivity index (χ3v) is 4.76. The van der Waals surface area contributed by atoms with Crippen LogP contribution in [-0.4, -0.2) is 38.2 Å². The standard InChI is InChI=1S/C22H32N4O2/c1-16(2)26(3)15-19-9-7-6-8-18(19)14-25-22(23)24-13-17-10-11-20(27-4)21(12-17)28-5/h6-12,16H,13-15H2,1-5H3,(H3,23,24,25). The Balaban J connectivity index is 1.98. The van der Waals surface area contributed by atoms with Gasteiger partial charge in [0.1, 0.15) is 0 Å². The molecule has 2 aromatic rings. The lowest BCUT2D eigenvalue weighted by Gasteiger charge is -2.22. The number of aliphatic imine (C=N–C) groups is 1. The van der Waals surface area contributed by atoms with E-state index in [2.05, 4.69) is 54.3 Å². The van der Waals surface area contributed by atoms with Gasteiger partial charge in [-0.05, 0) is 49.7 Å². The fraction of sp³-hybridized carbons (Fsp3) is 0.409. The molecule has 2 rings (SSSR count). The summed E-state index contributed by atoms with van der Waals surface area (Å²) in [5.74, 6) is 1.80. The molecule has 0 saturated carbocycles. The molecule has 0 atom stereocenters. The molecule has 6 nitrogen and oxygen atoms in total. The molecule has 0 aromatic heterocycles. The number of benzene rings is 2. The van der Waals surface area contributed by atoms with Crippen molar-refractivity contribution in [3.63, 3.8) is 0 Å². The number of guanidine groups is 1. The SMILES string of the molecule is COc1ccc(CN=C(N)NCc2ccccc2CN(C)C(C)C)cc1OC. The zero-order valence-electron chi connectivity index (χ0n) is 17.5. The van der Waals surface area contributed by atoms with Gasteiger partial charge in [0.25, 0.3) is 0 Å². The monoisotopic (exact) mass is 384 g/mol. The van der Waals surface area contributed by atoms with Crippen LogP contribution in [0.25, 0.3) is 0 Å². The quantitative estimate of drug-likeness (QED) is 0.513. The van der Waals surface area contributed by atoms with Crippen LogP contribution in [-0.2, 0) is 19.6 Å². The van der Waals surface area contributed by atoms with Crippen molar-refractivity contribution in [2.45, 2.75) is 39.5 Å². The van der Waals surface area contributed by atoms with Crippen LogP contribution in [0.2, 0.25) is 0 Å². The average Bonchev–Trinajstić information content (AvgIpc) is 2.71. The lowest BCUT2D eigenvalue weighted by atomic mass is 10.1. The van der Waals surface area contributed by atoms with E-state index in [0.29, 0.717) is 36.6 Å². The molecule has 0 bridgehead atoms. The molecule has 3 N–H and O–H groups in total. The van der Waals surface area contributed by atoms with Crippen molar-refractivity contribution in [2.24, 2.45) is 10.7 Å². The molecule has 28 heavy (non-hydrogen) atoms. The van der Waals surface area contributed by atoms with Crippen molar-refractivity contribution in [2.75, 3.05) is 21.3 Å². The maximum Gasteiger partial charge on any atom is 0.189 e. The molecule has 0 unspecified atom stereocenters. The number of hydrogen-bond acceptors (Lipinski definition) is 4. The van der Waals surface area contributed by atoms with E-state index >= 15 is 0 Å². The number of rotatable bonds is 9. The van der Waals surface area contributed by atoms with E-state index in [1.807, 2.05) is 24.3 Å². The lowest BCUT2D eigenvalue weighted by Crippen LogP contribution is -2.32. The minimum atomic E-state index is 0.418. The predicted molar refractivity (Wildman–Crippen MR) is 115 cm³/mol. The molecule has 0 spiro atoms. The first kappa shape index (κ1) is 21.6. The number of nitrogens with zero attached hydrogens (tertiary/aromatic N) is 2. The highest BCUT2D eigenvalue weighted by molar-refractivity contribution is 5.77. The van der Waals surface area contributed by atoms with Gasteiger partial charge in [-0.25, -0.2) is 4.99 Å². The molecule has 0 radical (unpaired) electrons. The molecule has 0 aliphatic heterocycles. The average molecular weight is 385 g/mol. The summed E-state index contributed by atoms with van der Waals surface area (Å²) < 4.78 is 10.6. The van der Waals surface area contributed by atoms with Crippen LogP contribution in [0.4, 0.5) is 0 Å². The second-order valence-electron chi connectivity index (χ2n) is 7.02. The van der Waals surface area contributed by atoms with Gasteiger partial charge in [-0.15, -0.1) is 0 Å². The minimum Gasteiger partial charge on any atom is -0.493 e. The summed E-state index contributed by atoms with van der Waals surface area (Å²) in [7, 11) is 5.37. The number of hydrogen-bond donors (Lipinski definition) is 2. The summed E-state index contributed by atoms with van der Waals surface area (Å²) in [6.45, 7) is 6.40. The van der Waals surface area contributed by atoms with Gasteiger partial charge < -0.3 is 20.5 Å². The number of nitrogens with two attached hydrogens (primary N) is 1. The van der Waals surface area contributed by atoms with Gasteiger partial charge in [0.15, 0.2) is 17.5 Å². The fourth-order valence-electron chi connectivity index (χ4n) is 2.73. The minimum absolute atomic E-state index is 0.418. The smallest absolute Gasteiger partial charge is 0.189 e. The van der Waals surface area contributed by atoms with Gasteiger partial charge in [0.2, 0.25) is 0 Å². The summed E-state index contributed by atoms with van der Waals surface area (Å²) in [5.41, 5.74) is 9.58. The second kappa shape index (κ2) is 10.6. The first-order valence-corrected chi connectivity index (χ1v) is 9.46. The van der Waals surface area contributed by atoms with Crippen molar-refractivity contribution >= 4 is 5.96 Å². The van der Waals surface area contributed by atoms with Crippen LogP contribution in [0.1, 0.15) is 30.5 Å². The largest absolute Gasteiger partial charge is 0.493 e. The van der Waals surface area contributed by atoms with Crippen molar-refractivity contribution in [1.82, 2.24) is 10.2 Å². The first-order valence-electron chi connectivity index (χ1n) is 9.46. The highest BCUT2D eigenvalue weighted by atomic mass is 16.5. The molecule has 2 aromatic carbocycles. The maximum atomic E-state index is 6.07. The molecule has 0 aliphatic rings. The highest BCUT2D eigenvalue weighted by Crippen LogP contribution is 2.27. The molecule has 0 fully saturated rings. The van der Waals surface area contributed by atoms with Gasteiger partial charge in [-0.2, -0.15) is 0 Å². The van der Waals surface area contributed by atoms with E-state index < -0.39 is 0 Å². The first-order chi connectivity index (χ1) is 13.4. The van der Waals surface area contributed by atoms with E-state index in [4.69, 9.17) is 15.2 Å². The third-order valence-electron chi connectivity index (χ3n) is 4.76. The van der Waals surface area contributed by atoms with Gasteiger partial charge in [-0.3, -0.25) is 4.90 Å². The van der Waals surface area contributed by atoms with Crippen molar-refractivity contribution < 1.29 is 9.47 Å². The molecule has 6 heteroatoms. The van der Waals surface area contributed by atoms with Crippen molar-refractivity contribution in [3.05, 3.63) is 59.2 Å². The van der Waals surface area contributed by atoms with E-state index in [9.17, 15) is 0 Å². The Kier molecular flexibility index (Phi) is 8.14. The number of nitrogens with one attached hydrogen (secondary N) is 1. The van der Waals surface area contributed by atoms with E-state index in [1.165, 1.54) is 11.1 Å². The number of ether oxygens (including phenoxy) is 2. The summed E-state index contributed by atoms with van der Waals surface area (Å²) >= 11 is 0. The van der Waals surface area contributed by atoms with Gasteiger partial charge in [0.05, 0.1) is 20.8 Å². The van der Waals surface area contributed by atoms with Gasteiger partial charge in [0, 0.05) is 19.1 Å². The lowest BCUT2D eigenvalue weighted by molar-refractivity contribution is 0.265. The Hall–Kier alpha value is -2.73. The van der Waals surface area contributed by atoms with Crippen molar-refractivity contribution in [3.8, 4) is 11.5 Å². The Morgan fingerprint density at radius 3 is 2.39 bits per heavy atom. The van der Waals surface area contributed by atoms with Crippen LogP contribution < -0.4 is 20.5 Å². The van der Waals surface area contributed by atoms with Crippen LogP contribution >= 0.6 is 0 Å². The zero-order chi connectivity index (χ0) is 20.5. The fourth-order valence-corrected chi connectivity index (χ4v) is 2.73. The Morgan fingerprint density at radius 2 is 1.75 bits per heavy atom. The molecular weight excluding hydrogens is 352 g/mol. The summed E-state index contributed by atoms with van der Waals surface area (Å²) in [4.78, 5) is 6.75. The maximum absolute atomic E-state index is 6.07. The molecular formula is C22H32N4O2. The topological polar surface area (TPSA) is 72.1 Å². The summed E-state index contributed by atoms with van der Waals surface area (Å²) in [6, 6.07) is 14.6. The van der Waals surface area contributed by atoms with Crippen LogP contribution in [0.3, 0.4) is 0 Å². The normalized spacial score (nSPS) is 11.8. The van der Waals surface area contributed by atoms with Crippen LogP contribution in [0.15, 0.2) is 47.5 Å². The molecule has 152 valence electrons. The van der Waals surface area contributed by atoms with E-state index in [0.717, 1.165) is 12.1 Å². The van der Waals surface area contributed by atoms with Gasteiger partial charge >= 0.3 is 0 Å². The summed E-state index contributed by atoms with van der Waals surface area (Å²) in [5, 5.41) is 3.22. The van der Waals surface area contributed by atoms with E-state index in [-0.39, 0.29) is 0 Å². The van der Waals surface area contributed by atoms with Gasteiger partial charge in [-0.1, -0.05) is 30.3 Å². The zero-order valence-corrected chi connectivity index (χ0v) is 17.5. The Bertz CT molecular complexity index is 790. The molecule has 0 amide bonds. The molecule has 0 heterocycles. The molecule has 0 saturated heterocycles. The van der Waals surface area contributed by atoms with Crippen LogP contribution in [0, 0.1) is 0 Å². The van der Waals surface area contributed by atoms with Crippen LogP contribution in [0.5, 0.6) is 11.5 Å². The number of methoxy groups -OCH3 is 2. The molecule has 0 aliphatic carbocycles.